The van der Waals surface area contributed by atoms with Crippen LogP contribution in [0.2, 0.25) is 0 Å². The molecule has 0 aliphatic heterocycles. The van der Waals surface area contributed by atoms with Gasteiger partial charge in [-0.2, -0.15) is 0 Å². The summed E-state index contributed by atoms with van der Waals surface area (Å²) >= 11 is 1.12. The minimum Gasteiger partial charge on any atom is -0.461 e. The molecule has 1 aromatic carbocycles. The van der Waals surface area contributed by atoms with Crippen molar-refractivity contribution in [2.75, 3.05) is 0 Å². The number of carbonyl (C=O) groups is 2. The molecular weight excluding hydrogens is 428 g/mol. The lowest BCUT2D eigenvalue weighted by atomic mass is 9.98. The van der Waals surface area contributed by atoms with Gasteiger partial charge in [-0.25, -0.2) is 14.6 Å². The molecule has 168 valence electrons. The lowest BCUT2D eigenvalue weighted by Crippen LogP contribution is -2.32. The molecule has 1 aliphatic rings. The van der Waals surface area contributed by atoms with Gasteiger partial charge >= 0.3 is 11.9 Å². The highest BCUT2D eigenvalue weighted by Crippen LogP contribution is 2.28. The van der Waals surface area contributed by atoms with Gasteiger partial charge in [-0.15, -0.1) is 11.3 Å². The third-order valence-electron chi connectivity index (χ3n) is 5.87. The molecule has 32 heavy (non-hydrogen) atoms. The zero-order valence-corrected chi connectivity index (χ0v) is 19.0. The van der Waals surface area contributed by atoms with E-state index in [-0.39, 0.29) is 18.3 Å². The minimum atomic E-state index is -0.797. The molecule has 0 spiro atoms. The van der Waals surface area contributed by atoms with E-state index >= 15 is 0 Å². The average molecular weight is 455 g/mol. The van der Waals surface area contributed by atoms with Crippen LogP contribution in [-0.4, -0.2) is 27.6 Å². The second-order valence-corrected chi connectivity index (χ2v) is 9.13. The van der Waals surface area contributed by atoms with E-state index in [4.69, 9.17) is 9.47 Å². The van der Waals surface area contributed by atoms with Gasteiger partial charge in [0.1, 0.15) is 28.5 Å². The number of ether oxygens (including phenoxy) is 2. The Bertz CT molecular complexity index is 1180. The normalized spacial score (nSPS) is 15.4. The largest absolute Gasteiger partial charge is 0.461 e. The SMILES string of the molecule is Cc1c(C(=O)OCc2ccccc2)sc2ncn(C(C)C(=O)OC3CCCCC3)c(=O)c12. The quantitative estimate of drug-likeness (QED) is 0.508. The van der Waals surface area contributed by atoms with Gasteiger partial charge < -0.3 is 9.47 Å². The Hall–Kier alpha value is -3.00. The summed E-state index contributed by atoms with van der Waals surface area (Å²) in [6, 6.07) is 8.60. The van der Waals surface area contributed by atoms with E-state index in [9.17, 15) is 14.4 Å². The van der Waals surface area contributed by atoms with Crippen LogP contribution in [0, 0.1) is 6.92 Å². The smallest absolute Gasteiger partial charge is 0.349 e. The zero-order chi connectivity index (χ0) is 22.7. The van der Waals surface area contributed by atoms with Crippen molar-refractivity contribution in [3.63, 3.8) is 0 Å². The van der Waals surface area contributed by atoms with Crippen LogP contribution in [0.3, 0.4) is 0 Å². The fourth-order valence-electron chi connectivity index (χ4n) is 3.96. The van der Waals surface area contributed by atoms with E-state index < -0.39 is 18.0 Å². The second kappa shape index (κ2) is 9.65. The number of aromatic nitrogens is 2. The number of rotatable bonds is 6. The Labute approximate surface area is 190 Å². The molecule has 0 bridgehead atoms. The molecule has 1 aliphatic carbocycles. The van der Waals surface area contributed by atoms with Gasteiger partial charge in [-0.3, -0.25) is 9.36 Å². The Morgan fingerprint density at radius 2 is 1.91 bits per heavy atom. The minimum absolute atomic E-state index is 0.0834. The van der Waals surface area contributed by atoms with Crippen molar-refractivity contribution in [2.45, 2.75) is 64.7 Å². The maximum absolute atomic E-state index is 13.2. The molecule has 7 nitrogen and oxygen atoms in total. The first-order valence-electron chi connectivity index (χ1n) is 10.9. The highest BCUT2D eigenvalue weighted by molar-refractivity contribution is 7.20. The van der Waals surface area contributed by atoms with Gasteiger partial charge in [0, 0.05) is 0 Å². The third kappa shape index (κ3) is 4.60. The topological polar surface area (TPSA) is 87.5 Å². The molecule has 0 amide bonds. The summed E-state index contributed by atoms with van der Waals surface area (Å²) < 4.78 is 12.3. The number of nitrogens with zero attached hydrogens (tertiary/aromatic N) is 2. The zero-order valence-electron chi connectivity index (χ0n) is 18.2. The van der Waals surface area contributed by atoms with Gasteiger partial charge in [-0.1, -0.05) is 36.8 Å². The second-order valence-electron chi connectivity index (χ2n) is 8.13. The predicted molar refractivity (Wildman–Crippen MR) is 122 cm³/mol. The number of thiophene rings is 1. The molecule has 0 N–H and O–H groups in total. The maximum atomic E-state index is 13.2. The van der Waals surface area contributed by atoms with Crippen molar-refractivity contribution in [2.24, 2.45) is 0 Å². The highest BCUT2D eigenvalue weighted by atomic mass is 32.1. The maximum Gasteiger partial charge on any atom is 0.349 e. The number of carbonyl (C=O) groups excluding carboxylic acids is 2. The monoisotopic (exact) mass is 454 g/mol. The molecule has 0 saturated heterocycles. The highest BCUT2D eigenvalue weighted by Gasteiger charge is 2.26. The van der Waals surface area contributed by atoms with Crippen LogP contribution in [-0.2, 0) is 20.9 Å². The van der Waals surface area contributed by atoms with Crippen LogP contribution < -0.4 is 5.56 Å². The van der Waals surface area contributed by atoms with E-state index in [0.29, 0.717) is 20.7 Å². The van der Waals surface area contributed by atoms with Crippen molar-refractivity contribution in [1.29, 1.82) is 0 Å². The van der Waals surface area contributed by atoms with Crippen LogP contribution in [0.15, 0.2) is 41.5 Å². The summed E-state index contributed by atoms with van der Waals surface area (Å²) in [5, 5.41) is 0.335. The Morgan fingerprint density at radius 1 is 1.19 bits per heavy atom. The molecule has 4 rings (SSSR count). The Morgan fingerprint density at radius 3 is 2.62 bits per heavy atom. The number of fused-ring (bicyclic) bond motifs is 1. The summed E-state index contributed by atoms with van der Waals surface area (Å²) in [5.74, 6) is -0.930. The van der Waals surface area contributed by atoms with E-state index in [1.165, 1.54) is 10.9 Å². The van der Waals surface area contributed by atoms with Gasteiger partial charge in [0.2, 0.25) is 0 Å². The first-order valence-corrected chi connectivity index (χ1v) is 11.7. The molecule has 1 atom stereocenters. The van der Waals surface area contributed by atoms with Crippen LogP contribution in [0.25, 0.3) is 10.2 Å². The van der Waals surface area contributed by atoms with Crippen molar-refractivity contribution < 1.29 is 19.1 Å². The number of esters is 2. The fraction of sp³-hybridized carbons (Fsp3) is 0.417. The number of aryl methyl sites for hydroxylation is 1. The first-order chi connectivity index (χ1) is 15.5. The average Bonchev–Trinajstić information content (AvgIpc) is 3.16. The molecule has 1 fully saturated rings. The van der Waals surface area contributed by atoms with E-state index in [1.807, 2.05) is 30.3 Å². The molecule has 1 saturated carbocycles. The lowest BCUT2D eigenvalue weighted by Gasteiger charge is -2.24. The van der Waals surface area contributed by atoms with Crippen LogP contribution in [0.5, 0.6) is 0 Å². The van der Waals surface area contributed by atoms with Crippen molar-refractivity contribution in [3.05, 3.63) is 63.0 Å². The fourth-order valence-corrected chi connectivity index (χ4v) is 4.99. The number of hydrogen-bond acceptors (Lipinski definition) is 7. The van der Waals surface area contributed by atoms with Crippen LogP contribution in [0.1, 0.15) is 65.9 Å². The molecule has 0 radical (unpaired) electrons. The van der Waals surface area contributed by atoms with Crippen LogP contribution >= 0.6 is 11.3 Å². The van der Waals surface area contributed by atoms with Crippen LogP contribution in [0.4, 0.5) is 0 Å². The van der Waals surface area contributed by atoms with E-state index in [2.05, 4.69) is 4.98 Å². The van der Waals surface area contributed by atoms with Gasteiger partial charge in [-0.05, 0) is 50.7 Å². The van der Waals surface area contributed by atoms with Gasteiger partial charge in [0.15, 0.2) is 0 Å². The predicted octanol–water partition coefficient (Wildman–Crippen LogP) is 4.56. The summed E-state index contributed by atoms with van der Waals surface area (Å²) in [4.78, 5) is 43.6. The van der Waals surface area contributed by atoms with Crippen molar-refractivity contribution >= 4 is 33.5 Å². The summed E-state index contributed by atoms with van der Waals surface area (Å²) in [6.07, 6.45) is 6.27. The molecular formula is C24H26N2O5S. The van der Waals surface area contributed by atoms with Gasteiger partial charge in [0.05, 0.1) is 11.7 Å². The van der Waals surface area contributed by atoms with Gasteiger partial charge in [0.25, 0.3) is 5.56 Å². The summed E-state index contributed by atoms with van der Waals surface area (Å²) in [5.41, 5.74) is 1.03. The van der Waals surface area contributed by atoms with Crippen molar-refractivity contribution in [3.8, 4) is 0 Å². The summed E-state index contributed by atoms with van der Waals surface area (Å²) in [6.45, 7) is 3.49. The Balaban J connectivity index is 1.54. The van der Waals surface area contributed by atoms with E-state index in [0.717, 1.165) is 49.0 Å². The van der Waals surface area contributed by atoms with E-state index in [1.54, 1.807) is 13.8 Å². The molecule has 2 aromatic heterocycles. The third-order valence-corrected chi connectivity index (χ3v) is 7.05. The standard InChI is InChI=1S/C24H26N2O5S/c1-15-19-21(32-20(15)24(29)30-13-17-9-5-3-6-10-17)25-14-26(22(19)27)16(2)23(28)31-18-11-7-4-8-12-18/h3,5-6,9-10,14,16,18H,4,7-8,11-13H2,1-2H3. The number of benzene rings is 1. The Kier molecular flexibility index (Phi) is 6.69. The molecule has 1 unspecified atom stereocenters. The summed E-state index contributed by atoms with van der Waals surface area (Å²) in [7, 11) is 0. The van der Waals surface area contributed by atoms with Crippen molar-refractivity contribution in [1.82, 2.24) is 9.55 Å². The molecule has 2 heterocycles. The molecule has 3 aromatic rings. The number of hydrogen-bond donors (Lipinski definition) is 0. The first kappa shape index (κ1) is 22.2. The molecule has 8 heteroatoms. The lowest BCUT2D eigenvalue weighted by molar-refractivity contribution is -0.154.